The van der Waals surface area contributed by atoms with Crippen LogP contribution in [0, 0.1) is 5.82 Å². The predicted octanol–water partition coefficient (Wildman–Crippen LogP) is 2.69. The van der Waals surface area contributed by atoms with Crippen LogP contribution in [0.15, 0.2) is 30.5 Å². The Morgan fingerprint density at radius 2 is 2.24 bits per heavy atom. The van der Waals surface area contributed by atoms with E-state index in [0.29, 0.717) is 5.52 Å². The fourth-order valence-electron chi connectivity index (χ4n) is 2.54. The fourth-order valence-corrected chi connectivity index (χ4v) is 2.54. The van der Waals surface area contributed by atoms with Gasteiger partial charge in [0.2, 0.25) is 0 Å². The highest BCUT2D eigenvalue weighted by molar-refractivity contribution is 5.93. The molecule has 1 aromatic heterocycles. The first-order valence-corrected chi connectivity index (χ1v) is 5.91. The van der Waals surface area contributed by atoms with Gasteiger partial charge in [-0.15, -0.1) is 0 Å². The van der Waals surface area contributed by atoms with Crippen molar-refractivity contribution in [1.82, 2.24) is 9.88 Å². The van der Waals surface area contributed by atoms with Gasteiger partial charge in [0.1, 0.15) is 5.82 Å². The topological polar surface area (TPSA) is 17.0 Å². The van der Waals surface area contributed by atoms with Gasteiger partial charge in [-0.1, -0.05) is 18.2 Å². The minimum atomic E-state index is -0.147. The largest absolute Gasteiger partial charge is 0.348 e. The molecule has 0 saturated heterocycles. The molecule has 0 radical (unpaired) electrons. The van der Waals surface area contributed by atoms with Crippen LogP contribution in [0.2, 0.25) is 0 Å². The Morgan fingerprint density at radius 3 is 3.00 bits per heavy atom. The van der Waals surface area contributed by atoms with E-state index in [9.17, 15) is 4.39 Å². The SMILES string of the molecule is Cn1cc(C2=CCNCC2)c2cccc(F)c21. The molecule has 88 valence electrons. The standard InChI is InChI=1S/C14H15FN2/c1-17-9-12(10-5-7-16-8-6-10)11-3-2-4-13(15)14(11)17/h2-5,9,16H,6-8H2,1H3. The Balaban J connectivity index is 2.24. The van der Waals surface area contributed by atoms with E-state index in [-0.39, 0.29) is 5.82 Å². The first-order valence-electron chi connectivity index (χ1n) is 5.91. The second-order valence-electron chi connectivity index (χ2n) is 4.47. The summed E-state index contributed by atoms with van der Waals surface area (Å²) in [6, 6.07) is 5.29. The minimum absolute atomic E-state index is 0.147. The van der Waals surface area contributed by atoms with Crippen molar-refractivity contribution in [2.75, 3.05) is 13.1 Å². The third-order valence-corrected chi connectivity index (χ3v) is 3.36. The molecule has 2 aromatic rings. The molecule has 3 heteroatoms. The van der Waals surface area contributed by atoms with Crippen LogP contribution >= 0.6 is 0 Å². The lowest BCUT2D eigenvalue weighted by Crippen LogP contribution is -2.19. The van der Waals surface area contributed by atoms with Gasteiger partial charge in [0, 0.05) is 30.7 Å². The molecule has 0 fully saturated rings. The monoisotopic (exact) mass is 230 g/mol. The number of nitrogens with zero attached hydrogens (tertiary/aromatic N) is 1. The van der Waals surface area contributed by atoms with Crippen LogP contribution in [0.5, 0.6) is 0 Å². The molecule has 0 spiro atoms. The Kier molecular flexibility index (Phi) is 2.48. The summed E-state index contributed by atoms with van der Waals surface area (Å²) in [5.41, 5.74) is 3.19. The predicted molar refractivity (Wildman–Crippen MR) is 68.3 cm³/mol. The first kappa shape index (κ1) is 10.5. The third kappa shape index (κ3) is 1.67. The molecular weight excluding hydrogens is 215 g/mol. The molecule has 17 heavy (non-hydrogen) atoms. The van der Waals surface area contributed by atoms with Crippen molar-refractivity contribution in [2.24, 2.45) is 7.05 Å². The smallest absolute Gasteiger partial charge is 0.147 e. The molecule has 0 saturated carbocycles. The lowest BCUT2D eigenvalue weighted by atomic mass is 10.00. The number of aryl methyl sites for hydroxylation is 1. The summed E-state index contributed by atoms with van der Waals surface area (Å²) in [5.74, 6) is -0.147. The molecule has 0 atom stereocenters. The van der Waals surface area contributed by atoms with Gasteiger partial charge in [-0.25, -0.2) is 4.39 Å². The van der Waals surface area contributed by atoms with Crippen molar-refractivity contribution in [3.8, 4) is 0 Å². The zero-order valence-electron chi connectivity index (χ0n) is 9.83. The minimum Gasteiger partial charge on any atom is -0.348 e. The van der Waals surface area contributed by atoms with Crippen LogP contribution in [0.25, 0.3) is 16.5 Å². The zero-order valence-corrected chi connectivity index (χ0v) is 9.83. The molecule has 0 bridgehead atoms. The summed E-state index contributed by atoms with van der Waals surface area (Å²) < 4.78 is 15.7. The van der Waals surface area contributed by atoms with Crippen LogP contribution in [0.1, 0.15) is 12.0 Å². The fraction of sp³-hybridized carbons (Fsp3) is 0.286. The van der Waals surface area contributed by atoms with Crippen LogP contribution in [0.3, 0.4) is 0 Å². The Bertz CT molecular complexity index is 596. The van der Waals surface area contributed by atoms with Crippen LogP contribution in [-0.4, -0.2) is 17.7 Å². The molecule has 0 aliphatic carbocycles. The number of halogens is 1. The number of nitrogens with one attached hydrogen (secondary N) is 1. The molecular formula is C14H15FN2. The second kappa shape index (κ2) is 4.00. The average Bonchev–Trinajstić information content (AvgIpc) is 2.69. The Hall–Kier alpha value is -1.61. The van der Waals surface area contributed by atoms with E-state index in [1.54, 1.807) is 6.07 Å². The highest BCUT2D eigenvalue weighted by atomic mass is 19.1. The van der Waals surface area contributed by atoms with Crippen molar-refractivity contribution < 1.29 is 4.39 Å². The van der Waals surface area contributed by atoms with Gasteiger partial charge in [-0.05, 0) is 24.6 Å². The molecule has 1 aliphatic heterocycles. The van der Waals surface area contributed by atoms with Crippen molar-refractivity contribution in [3.05, 3.63) is 41.9 Å². The highest BCUT2D eigenvalue weighted by Gasteiger charge is 2.14. The summed E-state index contributed by atoms with van der Waals surface area (Å²) in [4.78, 5) is 0. The van der Waals surface area contributed by atoms with Gasteiger partial charge in [0.25, 0.3) is 0 Å². The van der Waals surface area contributed by atoms with Crippen molar-refractivity contribution >= 4 is 16.5 Å². The number of benzene rings is 1. The van der Waals surface area contributed by atoms with E-state index in [2.05, 4.69) is 11.4 Å². The summed E-state index contributed by atoms with van der Waals surface area (Å²) in [6.07, 6.45) is 5.24. The van der Waals surface area contributed by atoms with Crippen molar-refractivity contribution in [2.45, 2.75) is 6.42 Å². The van der Waals surface area contributed by atoms with Gasteiger partial charge in [0.15, 0.2) is 0 Å². The van der Waals surface area contributed by atoms with E-state index in [0.717, 1.165) is 24.9 Å². The molecule has 1 aliphatic rings. The van der Waals surface area contributed by atoms with Gasteiger partial charge in [0.05, 0.1) is 5.52 Å². The Labute approximate surface area is 99.7 Å². The van der Waals surface area contributed by atoms with Gasteiger partial charge in [-0.2, -0.15) is 0 Å². The maximum absolute atomic E-state index is 13.8. The van der Waals surface area contributed by atoms with E-state index >= 15 is 0 Å². The van der Waals surface area contributed by atoms with Crippen LogP contribution in [0.4, 0.5) is 4.39 Å². The van der Waals surface area contributed by atoms with Gasteiger partial charge in [-0.3, -0.25) is 0 Å². The maximum atomic E-state index is 13.8. The van der Waals surface area contributed by atoms with Crippen LogP contribution < -0.4 is 5.32 Å². The van der Waals surface area contributed by atoms with Crippen molar-refractivity contribution in [1.29, 1.82) is 0 Å². The highest BCUT2D eigenvalue weighted by Crippen LogP contribution is 2.30. The zero-order chi connectivity index (χ0) is 11.8. The number of rotatable bonds is 1. The molecule has 1 aromatic carbocycles. The summed E-state index contributed by atoms with van der Waals surface area (Å²) in [5, 5.41) is 4.31. The molecule has 3 rings (SSSR count). The summed E-state index contributed by atoms with van der Waals surface area (Å²) >= 11 is 0. The maximum Gasteiger partial charge on any atom is 0.147 e. The summed E-state index contributed by atoms with van der Waals surface area (Å²) in [7, 11) is 1.90. The molecule has 0 unspecified atom stereocenters. The van der Waals surface area contributed by atoms with Gasteiger partial charge < -0.3 is 9.88 Å². The number of para-hydroxylation sites is 1. The first-order chi connectivity index (χ1) is 8.27. The Morgan fingerprint density at radius 1 is 1.35 bits per heavy atom. The quantitative estimate of drug-likeness (QED) is 0.797. The number of hydrogen-bond donors (Lipinski definition) is 1. The molecule has 2 heterocycles. The number of fused-ring (bicyclic) bond motifs is 1. The molecule has 0 amide bonds. The average molecular weight is 230 g/mol. The lowest BCUT2D eigenvalue weighted by molar-refractivity contribution is 0.632. The van der Waals surface area contributed by atoms with E-state index in [1.807, 2.05) is 23.9 Å². The van der Waals surface area contributed by atoms with Gasteiger partial charge >= 0.3 is 0 Å². The molecule has 2 nitrogen and oxygen atoms in total. The summed E-state index contributed by atoms with van der Waals surface area (Å²) in [6.45, 7) is 1.90. The second-order valence-corrected chi connectivity index (χ2v) is 4.47. The van der Waals surface area contributed by atoms with E-state index in [4.69, 9.17) is 0 Å². The number of hydrogen-bond acceptors (Lipinski definition) is 1. The normalized spacial score (nSPS) is 16.2. The van der Waals surface area contributed by atoms with Crippen molar-refractivity contribution in [3.63, 3.8) is 0 Å². The molecule has 1 N–H and O–H groups in total. The van der Waals surface area contributed by atoms with Crippen LogP contribution in [-0.2, 0) is 7.05 Å². The van der Waals surface area contributed by atoms with E-state index in [1.165, 1.54) is 17.2 Å². The lowest BCUT2D eigenvalue weighted by Gasteiger charge is -2.13. The number of aromatic nitrogens is 1. The van der Waals surface area contributed by atoms with E-state index < -0.39 is 0 Å². The third-order valence-electron chi connectivity index (χ3n) is 3.36.